The fourth-order valence-corrected chi connectivity index (χ4v) is 2.98. The Hall–Kier alpha value is -2.56. The van der Waals surface area contributed by atoms with Crippen LogP contribution in [0.5, 0.6) is 5.75 Å². The van der Waals surface area contributed by atoms with Crippen LogP contribution in [0.2, 0.25) is 0 Å². The van der Waals surface area contributed by atoms with E-state index in [1.54, 1.807) is 7.11 Å². The number of cyclic esters (lactones) is 1. The molecule has 2 amide bonds. The monoisotopic (exact) mass is 327 g/mol. The third kappa shape index (κ3) is 2.70. The van der Waals surface area contributed by atoms with Crippen LogP contribution in [0, 0.1) is 0 Å². The van der Waals surface area contributed by atoms with Gasteiger partial charge in [-0.3, -0.25) is 4.79 Å². The van der Waals surface area contributed by atoms with Crippen molar-refractivity contribution in [2.75, 3.05) is 13.7 Å². The highest BCUT2D eigenvalue weighted by Crippen LogP contribution is 2.30. The maximum atomic E-state index is 12.8. The van der Waals surface area contributed by atoms with Gasteiger partial charge in [-0.15, -0.1) is 0 Å². The third-order valence-corrected chi connectivity index (χ3v) is 4.50. The summed E-state index contributed by atoms with van der Waals surface area (Å²) in [5.41, 5.74) is 0.250. The molecule has 0 radical (unpaired) electrons. The largest absolute Gasteiger partial charge is 0.497 e. The van der Waals surface area contributed by atoms with Gasteiger partial charge < -0.3 is 9.47 Å². The lowest BCUT2D eigenvalue weighted by atomic mass is 9.94. The summed E-state index contributed by atoms with van der Waals surface area (Å²) in [5.74, 6) is 0.123. The second kappa shape index (κ2) is 5.82. The fourth-order valence-electron chi connectivity index (χ4n) is 2.98. The van der Waals surface area contributed by atoms with Gasteiger partial charge in [-0.2, -0.15) is 0 Å². The number of carbonyl (C=O) groups is 2. The molecule has 1 aliphatic heterocycles. The molecule has 0 aromatic heterocycles. The Labute approximate surface area is 141 Å². The first-order chi connectivity index (χ1) is 11.3. The van der Waals surface area contributed by atoms with E-state index in [2.05, 4.69) is 0 Å². The van der Waals surface area contributed by atoms with E-state index in [1.807, 2.05) is 57.2 Å². The molecule has 0 bridgehead atoms. The number of methoxy groups -OCH3 is 1. The van der Waals surface area contributed by atoms with Crippen molar-refractivity contribution in [2.24, 2.45) is 0 Å². The molecular formula is C19H21NO4. The zero-order valence-corrected chi connectivity index (χ0v) is 14.3. The molecule has 3 rings (SSSR count). The summed E-state index contributed by atoms with van der Waals surface area (Å²) >= 11 is 0. The summed E-state index contributed by atoms with van der Waals surface area (Å²) in [7, 11) is 1.63. The average Bonchev–Trinajstić information content (AvgIpc) is 2.85. The Kier molecular flexibility index (Phi) is 3.95. The molecule has 5 heteroatoms. The van der Waals surface area contributed by atoms with E-state index in [-0.39, 0.29) is 12.5 Å². The molecule has 24 heavy (non-hydrogen) atoms. The van der Waals surface area contributed by atoms with E-state index in [0.29, 0.717) is 0 Å². The summed E-state index contributed by atoms with van der Waals surface area (Å²) in [5, 5.41) is 2.06. The molecule has 0 aliphatic carbocycles. The first-order valence-electron chi connectivity index (χ1n) is 7.92. The smallest absolute Gasteiger partial charge is 0.417 e. The first-order valence-corrected chi connectivity index (χ1v) is 7.92. The predicted octanol–water partition coefficient (Wildman–Crippen LogP) is 3.71. The van der Waals surface area contributed by atoms with Crippen molar-refractivity contribution in [1.29, 1.82) is 0 Å². The SMILES string of the molecule is COc1ccc2cc([C@H](C)C(=O)N3C(=O)OCC3(C)C)ccc2c1. The number of fused-ring (bicyclic) bond motifs is 1. The van der Waals surface area contributed by atoms with E-state index in [4.69, 9.17) is 9.47 Å². The van der Waals surface area contributed by atoms with Crippen LogP contribution >= 0.6 is 0 Å². The van der Waals surface area contributed by atoms with Gasteiger partial charge >= 0.3 is 6.09 Å². The van der Waals surface area contributed by atoms with Gasteiger partial charge in [0.05, 0.1) is 18.6 Å². The average molecular weight is 327 g/mol. The molecule has 126 valence electrons. The lowest BCUT2D eigenvalue weighted by Gasteiger charge is -2.28. The molecule has 1 heterocycles. The Bertz CT molecular complexity index is 812. The van der Waals surface area contributed by atoms with Gasteiger partial charge in [0.1, 0.15) is 12.4 Å². The van der Waals surface area contributed by atoms with Crippen LogP contribution in [0.4, 0.5) is 4.79 Å². The quantitative estimate of drug-likeness (QED) is 0.862. The molecule has 2 aromatic rings. The molecule has 1 aliphatic rings. The molecule has 1 fully saturated rings. The zero-order valence-electron chi connectivity index (χ0n) is 14.3. The summed E-state index contributed by atoms with van der Waals surface area (Å²) in [6.45, 7) is 5.70. The van der Waals surface area contributed by atoms with Crippen LogP contribution in [0.3, 0.4) is 0 Å². The molecular weight excluding hydrogens is 306 g/mol. The van der Waals surface area contributed by atoms with Crippen molar-refractivity contribution in [2.45, 2.75) is 32.2 Å². The van der Waals surface area contributed by atoms with Gasteiger partial charge in [0.2, 0.25) is 5.91 Å². The Morgan fingerprint density at radius 3 is 2.50 bits per heavy atom. The number of benzene rings is 2. The summed E-state index contributed by atoms with van der Waals surface area (Å²) in [6, 6.07) is 11.7. The van der Waals surface area contributed by atoms with Crippen LogP contribution in [-0.4, -0.2) is 36.2 Å². The summed E-state index contributed by atoms with van der Waals surface area (Å²) in [4.78, 5) is 26.0. The first kappa shape index (κ1) is 16.3. The second-order valence-electron chi connectivity index (χ2n) is 6.73. The molecule has 0 spiro atoms. The fraction of sp³-hybridized carbons (Fsp3) is 0.368. The van der Waals surface area contributed by atoms with Crippen LogP contribution in [-0.2, 0) is 9.53 Å². The molecule has 5 nitrogen and oxygen atoms in total. The normalized spacial score (nSPS) is 17.7. The maximum Gasteiger partial charge on any atom is 0.417 e. The minimum absolute atomic E-state index is 0.224. The van der Waals surface area contributed by atoms with Crippen molar-refractivity contribution >= 4 is 22.8 Å². The van der Waals surface area contributed by atoms with Gasteiger partial charge in [-0.05, 0) is 49.2 Å². The van der Waals surface area contributed by atoms with Gasteiger partial charge in [-0.25, -0.2) is 9.69 Å². The minimum atomic E-state index is -0.618. The number of nitrogens with zero attached hydrogens (tertiary/aromatic N) is 1. The predicted molar refractivity (Wildman–Crippen MR) is 91.2 cm³/mol. The highest BCUT2D eigenvalue weighted by molar-refractivity contribution is 5.98. The molecule has 1 saturated heterocycles. The van der Waals surface area contributed by atoms with E-state index < -0.39 is 17.6 Å². The number of rotatable bonds is 3. The molecule has 1 atom stereocenters. The number of hydrogen-bond donors (Lipinski definition) is 0. The Morgan fingerprint density at radius 2 is 1.88 bits per heavy atom. The van der Waals surface area contributed by atoms with Gasteiger partial charge in [0, 0.05) is 0 Å². The van der Waals surface area contributed by atoms with E-state index >= 15 is 0 Å². The Morgan fingerprint density at radius 1 is 1.21 bits per heavy atom. The van der Waals surface area contributed by atoms with Gasteiger partial charge in [-0.1, -0.05) is 24.3 Å². The van der Waals surface area contributed by atoms with Gasteiger partial charge in [0.15, 0.2) is 0 Å². The van der Waals surface area contributed by atoms with Gasteiger partial charge in [0.25, 0.3) is 0 Å². The molecule has 0 saturated carbocycles. The van der Waals surface area contributed by atoms with Crippen molar-refractivity contribution in [3.05, 3.63) is 42.0 Å². The lowest BCUT2D eigenvalue weighted by molar-refractivity contribution is -0.132. The molecule has 0 N–H and O–H groups in total. The number of imide groups is 1. The third-order valence-electron chi connectivity index (χ3n) is 4.50. The highest BCUT2D eigenvalue weighted by atomic mass is 16.6. The number of carbonyl (C=O) groups excluding carboxylic acids is 2. The minimum Gasteiger partial charge on any atom is -0.497 e. The second-order valence-corrected chi connectivity index (χ2v) is 6.73. The van der Waals surface area contributed by atoms with E-state index in [1.165, 1.54) is 4.90 Å². The Balaban J connectivity index is 1.92. The van der Waals surface area contributed by atoms with Crippen LogP contribution in [0.25, 0.3) is 10.8 Å². The number of amides is 2. The molecule has 2 aromatic carbocycles. The topological polar surface area (TPSA) is 55.8 Å². The molecule has 0 unspecified atom stereocenters. The van der Waals surface area contributed by atoms with Crippen LogP contribution < -0.4 is 4.74 Å². The number of ether oxygens (including phenoxy) is 2. The number of hydrogen-bond acceptors (Lipinski definition) is 4. The van der Waals surface area contributed by atoms with Crippen LogP contribution in [0.15, 0.2) is 36.4 Å². The van der Waals surface area contributed by atoms with Crippen molar-refractivity contribution < 1.29 is 19.1 Å². The standard InChI is InChI=1S/C19H21NO4/c1-12(17(21)20-18(22)24-11-19(20,2)3)13-5-6-15-10-16(23-4)8-7-14(15)9-13/h5-10,12H,11H2,1-4H3/t12-/m0/s1. The zero-order chi connectivity index (χ0) is 17.5. The maximum absolute atomic E-state index is 12.8. The van der Waals surface area contributed by atoms with Crippen LogP contribution in [0.1, 0.15) is 32.3 Å². The van der Waals surface area contributed by atoms with E-state index in [0.717, 1.165) is 22.1 Å². The van der Waals surface area contributed by atoms with Crippen molar-refractivity contribution in [1.82, 2.24) is 4.90 Å². The van der Waals surface area contributed by atoms with Crippen molar-refractivity contribution in [3.63, 3.8) is 0 Å². The summed E-state index contributed by atoms with van der Waals surface area (Å²) < 4.78 is 10.3. The lowest BCUT2D eigenvalue weighted by Crippen LogP contribution is -2.47. The summed E-state index contributed by atoms with van der Waals surface area (Å²) in [6.07, 6.45) is -0.567. The van der Waals surface area contributed by atoms with E-state index in [9.17, 15) is 9.59 Å². The van der Waals surface area contributed by atoms with Crippen molar-refractivity contribution in [3.8, 4) is 5.75 Å². The highest BCUT2D eigenvalue weighted by Gasteiger charge is 2.45.